The van der Waals surface area contributed by atoms with E-state index in [2.05, 4.69) is 10.3 Å². The second-order valence-electron chi connectivity index (χ2n) is 4.46. The molecule has 92 valence electrons. The Kier molecular flexibility index (Phi) is 2.59. The lowest BCUT2D eigenvalue weighted by atomic mass is 10.1. The van der Waals surface area contributed by atoms with E-state index in [0.29, 0.717) is 21.5 Å². The second-order valence-corrected chi connectivity index (χ2v) is 4.86. The molecule has 2 N–H and O–H groups in total. The first-order valence-electron chi connectivity index (χ1n) is 5.77. The Hall–Kier alpha value is -1.81. The van der Waals surface area contributed by atoms with E-state index in [9.17, 15) is 9.59 Å². The van der Waals surface area contributed by atoms with Gasteiger partial charge < -0.3 is 10.3 Å². The van der Waals surface area contributed by atoms with Gasteiger partial charge in [0.15, 0.2) is 0 Å². The number of halogens is 1. The average molecular weight is 263 g/mol. The summed E-state index contributed by atoms with van der Waals surface area (Å²) in [5.41, 5.74) is 0.562. The SMILES string of the molecule is O=C(NC1CC1)c1cc(=O)[nH]c2c(Cl)cccc12. The Morgan fingerprint density at radius 3 is 2.89 bits per heavy atom. The average Bonchev–Trinajstić information content (AvgIpc) is 3.13. The van der Waals surface area contributed by atoms with Gasteiger partial charge in [-0.2, -0.15) is 0 Å². The highest BCUT2D eigenvalue weighted by Gasteiger charge is 2.24. The molecule has 1 aromatic heterocycles. The Balaban J connectivity index is 2.17. The van der Waals surface area contributed by atoms with Crippen molar-refractivity contribution in [1.82, 2.24) is 10.3 Å². The number of fused-ring (bicyclic) bond motifs is 1. The molecular weight excluding hydrogens is 252 g/mol. The van der Waals surface area contributed by atoms with Gasteiger partial charge in [-0.3, -0.25) is 9.59 Å². The van der Waals surface area contributed by atoms with Gasteiger partial charge in [0.05, 0.1) is 16.1 Å². The van der Waals surface area contributed by atoms with Crippen molar-refractivity contribution in [2.24, 2.45) is 0 Å². The number of aromatic amines is 1. The third kappa shape index (κ3) is 1.99. The molecule has 18 heavy (non-hydrogen) atoms. The number of nitrogens with one attached hydrogen (secondary N) is 2. The highest BCUT2D eigenvalue weighted by molar-refractivity contribution is 6.35. The molecule has 1 aliphatic carbocycles. The number of para-hydroxylation sites is 1. The predicted octanol–water partition coefficient (Wildman–Crippen LogP) is 2.07. The standard InChI is InChI=1S/C13H11ClN2O2/c14-10-3-1-2-8-9(6-11(17)16-12(8)10)13(18)15-7-4-5-7/h1-3,6-7H,4-5H2,(H,15,18)(H,16,17). The van der Waals surface area contributed by atoms with Gasteiger partial charge in [0.1, 0.15) is 0 Å². The molecule has 1 fully saturated rings. The number of rotatable bonds is 2. The van der Waals surface area contributed by atoms with E-state index in [0.717, 1.165) is 12.8 Å². The van der Waals surface area contributed by atoms with Crippen LogP contribution in [-0.2, 0) is 0 Å². The van der Waals surface area contributed by atoms with Crippen LogP contribution >= 0.6 is 11.6 Å². The van der Waals surface area contributed by atoms with Gasteiger partial charge in [-0.1, -0.05) is 23.7 Å². The van der Waals surface area contributed by atoms with Crippen molar-refractivity contribution in [3.05, 3.63) is 45.2 Å². The van der Waals surface area contributed by atoms with Gasteiger partial charge >= 0.3 is 0 Å². The van der Waals surface area contributed by atoms with Gasteiger partial charge in [0, 0.05) is 17.5 Å². The second kappa shape index (κ2) is 4.14. The zero-order valence-electron chi connectivity index (χ0n) is 9.50. The van der Waals surface area contributed by atoms with E-state index < -0.39 is 0 Å². The minimum Gasteiger partial charge on any atom is -0.349 e. The van der Waals surface area contributed by atoms with Gasteiger partial charge in [0.2, 0.25) is 5.56 Å². The minimum atomic E-state index is -0.323. The van der Waals surface area contributed by atoms with Gasteiger partial charge in [-0.15, -0.1) is 0 Å². The van der Waals surface area contributed by atoms with Crippen LogP contribution in [-0.4, -0.2) is 16.9 Å². The van der Waals surface area contributed by atoms with Crippen LogP contribution in [0.3, 0.4) is 0 Å². The fourth-order valence-corrected chi connectivity index (χ4v) is 2.14. The fraction of sp³-hybridized carbons (Fsp3) is 0.231. The van der Waals surface area contributed by atoms with Crippen LogP contribution in [0.1, 0.15) is 23.2 Å². The summed E-state index contributed by atoms with van der Waals surface area (Å²) in [6.07, 6.45) is 2.02. The number of carbonyl (C=O) groups is 1. The van der Waals surface area contributed by atoms with Crippen LogP contribution in [0.5, 0.6) is 0 Å². The molecule has 4 nitrogen and oxygen atoms in total. The largest absolute Gasteiger partial charge is 0.349 e. The van der Waals surface area contributed by atoms with Crippen LogP contribution in [0, 0.1) is 0 Å². The summed E-state index contributed by atoms with van der Waals surface area (Å²) in [5, 5.41) is 3.98. The monoisotopic (exact) mass is 262 g/mol. The number of benzene rings is 1. The van der Waals surface area contributed by atoms with Crippen LogP contribution in [0.15, 0.2) is 29.1 Å². The normalized spacial score (nSPS) is 14.7. The van der Waals surface area contributed by atoms with Crippen molar-refractivity contribution in [2.45, 2.75) is 18.9 Å². The zero-order chi connectivity index (χ0) is 12.7. The molecule has 1 amide bonds. The van der Waals surface area contributed by atoms with Crippen molar-refractivity contribution in [3.8, 4) is 0 Å². The molecule has 0 bridgehead atoms. The molecule has 0 saturated heterocycles. The molecule has 0 atom stereocenters. The van der Waals surface area contributed by atoms with E-state index >= 15 is 0 Å². The van der Waals surface area contributed by atoms with E-state index in [4.69, 9.17) is 11.6 Å². The lowest BCUT2D eigenvalue weighted by Crippen LogP contribution is -2.27. The molecule has 0 radical (unpaired) electrons. The first-order chi connectivity index (χ1) is 8.65. The third-order valence-corrected chi connectivity index (χ3v) is 3.30. The molecule has 0 spiro atoms. The molecule has 0 aliphatic heterocycles. The molecule has 1 aromatic carbocycles. The summed E-state index contributed by atoms with van der Waals surface area (Å²) in [7, 11) is 0. The van der Waals surface area contributed by atoms with Crippen LogP contribution in [0.25, 0.3) is 10.9 Å². The van der Waals surface area contributed by atoms with Crippen LogP contribution in [0.2, 0.25) is 5.02 Å². The number of hydrogen-bond acceptors (Lipinski definition) is 2. The highest BCUT2D eigenvalue weighted by Crippen LogP contribution is 2.24. The maximum Gasteiger partial charge on any atom is 0.252 e. The number of pyridine rings is 1. The fourth-order valence-electron chi connectivity index (χ4n) is 1.92. The lowest BCUT2D eigenvalue weighted by Gasteiger charge is -2.07. The molecule has 5 heteroatoms. The number of amides is 1. The Labute approximate surface area is 108 Å². The van der Waals surface area contributed by atoms with E-state index in [1.54, 1.807) is 18.2 Å². The lowest BCUT2D eigenvalue weighted by molar-refractivity contribution is 0.0952. The highest BCUT2D eigenvalue weighted by atomic mass is 35.5. The van der Waals surface area contributed by atoms with Crippen LogP contribution in [0.4, 0.5) is 0 Å². The van der Waals surface area contributed by atoms with E-state index in [1.807, 2.05) is 0 Å². The van der Waals surface area contributed by atoms with Gasteiger partial charge in [-0.05, 0) is 18.9 Å². The van der Waals surface area contributed by atoms with Crippen molar-refractivity contribution < 1.29 is 4.79 Å². The first-order valence-corrected chi connectivity index (χ1v) is 6.15. The van der Waals surface area contributed by atoms with Crippen molar-refractivity contribution >= 4 is 28.4 Å². The maximum absolute atomic E-state index is 12.1. The third-order valence-electron chi connectivity index (χ3n) is 2.98. The number of carbonyl (C=O) groups excluding carboxylic acids is 1. The first kappa shape index (κ1) is 11.3. The van der Waals surface area contributed by atoms with Gasteiger partial charge in [0.25, 0.3) is 5.91 Å². The predicted molar refractivity (Wildman–Crippen MR) is 70.1 cm³/mol. The minimum absolute atomic E-state index is 0.212. The topological polar surface area (TPSA) is 62.0 Å². The maximum atomic E-state index is 12.1. The summed E-state index contributed by atoms with van der Waals surface area (Å²) in [6.45, 7) is 0. The number of H-pyrrole nitrogens is 1. The summed E-state index contributed by atoms with van der Waals surface area (Å²) in [6, 6.07) is 6.79. The van der Waals surface area contributed by atoms with Crippen molar-refractivity contribution in [1.29, 1.82) is 0 Å². The van der Waals surface area contributed by atoms with Crippen molar-refractivity contribution in [2.75, 3.05) is 0 Å². The van der Waals surface area contributed by atoms with E-state index in [-0.39, 0.29) is 17.5 Å². The number of aromatic nitrogens is 1. The molecule has 1 saturated carbocycles. The quantitative estimate of drug-likeness (QED) is 0.870. The summed E-state index contributed by atoms with van der Waals surface area (Å²) < 4.78 is 0. The zero-order valence-corrected chi connectivity index (χ0v) is 10.3. The summed E-state index contributed by atoms with van der Waals surface area (Å²) in [5.74, 6) is -0.212. The summed E-state index contributed by atoms with van der Waals surface area (Å²) in [4.78, 5) is 26.3. The van der Waals surface area contributed by atoms with E-state index in [1.165, 1.54) is 6.07 Å². The molecule has 2 aromatic rings. The van der Waals surface area contributed by atoms with Crippen molar-refractivity contribution in [3.63, 3.8) is 0 Å². The molecular formula is C13H11ClN2O2. The number of hydrogen-bond donors (Lipinski definition) is 2. The smallest absolute Gasteiger partial charge is 0.252 e. The molecule has 0 unspecified atom stereocenters. The molecule has 1 heterocycles. The van der Waals surface area contributed by atoms with Crippen LogP contribution < -0.4 is 10.9 Å². The molecule has 1 aliphatic rings. The van der Waals surface area contributed by atoms with Gasteiger partial charge in [-0.25, -0.2) is 0 Å². The Morgan fingerprint density at radius 1 is 1.39 bits per heavy atom. The summed E-state index contributed by atoms with van der Waals surface area (Å²) >= 11 is 6.02. The Morgan fingerprint density at radius 2 is 2.17 bits per heavy atom. The Bertz CT molecular complexity index is 689. The molecule has 3 rings (SSSR count).